The molecule has 21 heavy (non-hydrogen) atoms. The van der Waals surface area contributed by atoms with Gasteiger partial charge in [0.25, 0.3) is 0 Å². The number of carboxylic acid groups (broad SMARTS) is 1. The lowest BCUT2D eigenvalue weighted by Gasteiger charge is -2.18. The molecule has 1 rings (SSSR count). The number of nitrogens with one attached hydrogen (secondary N) is 2. The summed E-state index contributed by atoms with van der Waals surface area (Å²) >= 11 is 0. The topological polar surface area (TPSA) is 78.4 Å². The first-order valence-electron chi connectivity index (χ1n) is 7.44. The fourth-order valence-electron chi connectivity index (χ4n) is 2.08. The van der Waals surface area contributed by atoms with Crippen LogP contribution in [0.25, 0.3) is 0 Å². The number of rotatable bonds is 9. The Balaban J connectivity index is 2.45. The van der Waals surface area contributed by atoms with Gasteiger partial charge in [-0.3, -0.25) is 4.79 Å². The van der Waals surface area contributed by atoms with Crippen LogP contribution in [0.5, 0.6) is 0 Å². The van der Waals surface area contributed by atoms with Crippen molar-refractivity contribution in [1.82, 2.24) is 10.6 Å². The Morgan fingerprint density at radius 2 is 1.86 bits per heavy atom. The van der Waals surface area contributed by atoms with E-state index < -0.39 is 12.0 Å². The van der Waals surface area contributed by atoms with Gasteiger partial charge < -0.3 is 15.7 Å². The SMILES string of the molecule is CCCCCCNC(=O)N[C@@H](CC(=O)O)c1ccccc1. The van der Waals surface area contributed by atoms with Crippen LogP contribution < -0.4 is 10.6 Å². The van der Waals surface area contributed by atoms with Crippen molar-refractivity contribution in [2.45, 2.75) is 45.1 Å². The van der Waals surface area contributed by atoms with Gasteiger partial charge in [0.2, 0.25) is 0 Å². The van der Waals surface area contributed by atoms with Crippen LogP contribution in [0.4, 0.5) is 4.79 Å². The first-order chi connectivity index (χ1) is 10.1. The highest BCUT2D eigenvalue weighted by Crippen LogP contribution is 2.16. The lowest BCUT2D eigenvalue weighted by atomic mass is 10.0. The fraction of sp³-hybridized carbons (Fsp3) is 0.500. The maximum atomic E-state index is 11.8. The van der Waals surface area contributed by atoms with E-state index in [0.29, 0.717) is 6.54 Å². The van der Waals surface area contributed by atoms with Crippen molar-refractivity contribution in [2.24, 2.45) is 0 Å². The number of hydrogen-bond donors (Lipinski definition) is 3. The Labute approximate surface area is 125 Å². The number of carboxylic acids is 1. The van der Waals surface area contributed by atoms with E-state index in [-0.39, 0.29) is 12.5 Å². The molecule has 5 heteroatoms. The van der Waals surface area contributed by atoms with Gasteiger partial charge in [-0.25, -0.2) is 4.79 Å². The number of carbonyl (C=O) groups is 2. The lowest BCUT2D eigenvalue weighted by Crippen LogP contribution is -2.39. The van der Waals surface area contributed by atoms with E-state index in [0.717, 1.165) is 31.2 Å². The summed E-state index contributed by atoms with van der Waals surface area (Å²) in [6.45, 7) is 2.75. The first kappa shape index (κ1) is 17.0. The number of amides is 2. The molecule has 2 amide bonds. The highest BCUT2D eigenvalue weighted by atomic mass is 16.4. The third kappa shape index (κ3) is 7.34. The molecule has 0 saturated carbocycles. The Morgan fingerprint density at radius 1 is 1.14 bits per heavy atom. The van der Waals surface area contributed by atoms with E-state index in [2.05, 4.69) is 17.6 Å². The molecule has 0 spiro atoms. The Kier molecular flexibility index (Phi) is 7.94. The molecule has 0 aliphatic rings. The molecular formula is C16H24N2O3. The molecule has 0 bridgehead atoms. The number of urea groups is 1. The van der Waals surface area contributed by atoms with Gasteiger partial charge in [-0.15, -0.1) is 0 Å². The molecule has 0 heterocycles. The van der Waals surface area contributed by atoms with E-state index in [9.17, 15) is 9.59 Å². The van der Waals surface area contributed by atoms with Crippen LogP contribution in [-0.2, 0) is 4.79 Å². The summed E-state index contributed by atoms with van der Waals surface area (Å²) in [5.41, 5.74) is 0.793. The van der Waals surface area contributed by atoms with Crippen molar-refractivity contribution in [3.05, 3.63) is 35.9 Å². The van der Waals surface area contributed by atoms with Gasteiger partial charge in [0, 0.05) is 6.54 Å². The molecule has 116 valence electrons. The maximum absolute atomic E-state index is 11.8. The van der Waals surface area contributed by atoms with Gasteiger partial charge in [-0.05, 0) is 12.0 Å². The maximum Gasteiger partial charge on any atom is 0.315 e. The molecule has 0 radical (unpaired) electrons. The zero-order chi connectivity index (χ0) is 15.5. The summed E-state index contributed by atoms with van der Waals surface area (Å²) in [4.78, 5) is 22.8. The van der Waals surface area contributed by atoms with Crippen LogP contribution in [0.15, 0.2) is 30.3 Å². The summed E-state index contributed by atoms with van der Waals surface area (Å²) < 4.78 is 0. The summed E-state index contributed by atoms with van der Waals surface area (Å²) in [5.74, 6) is -0.938. The standard InChI is InChI=1S/C16H24N2O3/c1-2-3-4-8-11-17-16(21)18-14(12-15(19)20)13-9-6-5-7-10-13/h5-7,9-10,14H,2-4,8,11-12H2,1H3,(H,19,20)(H2,17,18,21)/t14-/m0/s1. The van der Waals surface area contributed by atoms with Crippen LogP contribution >= 0.6 is 0 Å². The Bertz CT molecular complexity index is 434. The van der Waals surface area contributed by atoms with Gasteiger partial charge in [-0.2, -0.15) is 0 Å². The molecule has 3 N–H and O–H groups in total. The Morgan fingerprint density at radius 3 is 2.48 bits per heavy atom. The second-order valence-electron chi connectivity index (χ2n) is 5.02. The minimum atomic E-state index is -0.938. The predicted octanol–water partition coefficient (Wildman–Crippen LogP) is 3.08. The van der Waals surface area contributed by atoms with E-state index in [1.165, 1.54) is 0 Å². The van der Waals surface area contributed by atoms with Crippen molar-refractivity contribution in [3.63, 3.8) is 0 Å². The average molecular weight is 292 g/mol. The third-order valence-corrected chi connectivity index (χ3v) is 3.20. The van der Waals surface area contributed by atoms with E-state index >= 15 is 0 Å². The number of unbranched alkanes of at least 4 members (excludes halogenated alkanes) is 3. The summed E-state index contributed by atoms with van der Waals surface area (Å²) in [6.07, 6.45) is 4.22. The lowest BCUT2D eigenvalue weighted by molar-refractivity contribution is -0.137. The molecule has 1 atom stereocenters. The quantitative estimate of drug-likeness (QED) is 0.612. The van der Waals surface area contributed by atoms with E-state index in [1.54, 1.807) is 0 Å². The fourth-order valence-corrected chi connectivity index (χ4v) is 2.08. The first-order valence-corrected chi connectivity index (χ1v) is 7.44. The highest BCUT2D eigenvalue weighted by molar-refractivity contribution is 5.76. The zero-order valence-corrected chi connectivity index (χ0v) is 12.5. The van der Waals surface area contributed by atoms with Crippen LogP contribution in [0.1, 0.15) is 50.6 Å². The van der Waals surface area contributed by atoms with Gasteiger partial charge in [0.05, 0.1) is 12.5 Å². The second-order valence-corrected chi connectivity index (χ2v) is 5.02. The molecule has 0 fully saturated rings. The number of benzene rings is 1. The van der Waals surface area contributed by atoms with Crippen molar-refractivity contribution >= 4 is 12.0 Å². The average Bonchev–Trinajstić information content (AvgIpc) is 2.47. The monoisotopic (exact) mass is 292 g/mol. The van der Waals surface area contributed by atoms with Crippen molar-refractivity contribution in [1.29, 1.82) is 0 Å². The molecule has 0 unspecified atom stereocenters. The number of hydrogen-bond acceptors (Lipinski definition) is 2. The minimum Gasteiger partial charge on any atom is -0.481 e. The smallest absolute Gasteiger partial charge is 0.315 e. The van der Waals surface area contributed by atoms with Crippen LogP contribution in [0.3, 0.4) is 0 Å². The summed E-state index contributed by atoms with van der Waals surface area (Å²) in [7, 11) is 0. The molecule has 0 saturated heterocycles. The summed E-state index contributed by atoms with van der Waals surface area (Å²) in [5, 5.41) is 14.5. The highest BCUT2D eigenvalue weighted by Gasteiger charge is 2.17. The van der Waals surface area contributed by atoms with Crippen LogP contribution in [0.2, 0.25) is 0 Å². The van der Waals surface area contributed by atoms with Gasteiger partial charge in [0.1, 0.15) is 0 Å². The number of carbonyl (C=O) groups excluding carboxylic acids is 1. The molecule has 1 aromatic carbocycles. The van der Waals surface area contributed by atoms with E-state index in [1.807, 2.05) is 30.3 Å². The molecular weight excluding hydrogens is 268 g/mol. The Hall–Kier alpha value is -2.04. The van der Waals surface area contributed by atoms with Gasteiger partial charge >= 0.3 is 12.0 Å². The van der Waals surface area contributed by atoms with E-state index in [4.69, 9.17) is 5.11 Å². The molecule has 0 aliphatic heterocycles. The molecule has 1 aromatic rings. The normalized spacial score (nSPS) is 11.7. The van der Waals surface area contributed by atoms with Crippen molar-refractivity contribution in [2.75, 3.05) is 6.54 Å². The van der Waals surface area contributed by atoms with Gasteiger partial charge in [0.15, 0.2) is 0 Å². The van der Waals surface area contributed by atoms with Crippen LogP contribution in [-0.4, -0.2) is 23.7 Å². The third-order valence-electron chi connectivity index (χ3n) is 3.20. The van der Waals surface area contributed by atoms with Gasteiger partial charge in [-0.1, -0.05) is 56.5 Å². The molecule has 0 aromatic heterocycles. The van der Waals surface area contributed by atoms with Crippen LogP contribution in [0, 0.1) is 0 Å². The molecule has 0 aliphatic carbocycles. The summed E-state index contributed by atoms with van der Waals surface area (Å²) in [6, 6.07) is 8.31. The second kappa shape index (κ2) is 9.80. The minimum absolute atomic E-state index is 0.132. The molecule has 5 nitrogen and oxygen atoms in total. The zero-order valence-electron chi connectivity index (χ0n) is 12.5. The predicted molar refractivity (Wildman–Crippen MR) is 82.1 cm³/mol. The van der Waals surface area contributed by atoms with Crippen molar-refractivity contribution in [3.8, 4) is 0 Å². The largest absolute Gasteiger partial charge is 0.481 e. The van der Waals surface area contributed by atoms with Crippen molar-refractivity contribution < 1.29 is 14.7 Å². The number of aliphatic carboxylic acids is 1.